The van der Waals surface area contributed by atoms with Gasteiger partial charge in [-0.15, -0.1) is 0 Å². The lowest BCUT2D eigenvalue weighted by Crippen LogP contribution is -2.13. The zero-order valence-corrected chi connectivity index (χ0v) is 17.7. The molecule has 0 saturated carbocycles. The molecule has 0 saturated heterocycles. The standard InChI is InChI=1S/C23H19Cl2NO4/c1-2-29-23(28)19-13-17(9-12-21(19)25)26-22(27)15-7-10-18(11-8-15)30-14-16-5-3-4-6-20(16)24/h3-13H,2,14H2,1H3,(H,26,27). The number of esters is 1. The lowest BCUT2D eigenvalue weighted by atomic mass is 10.1. The molecule has 0 aliphatic rings. The van der Waals surface area contributed by atoms with E-state index in [0.29, 0.717) is 28.6 Å². The van der Waals surface area contributed by atoms with Crippen LogP contribution in [-0.4, -0.2) is 18.5 Å². The maximum absolute atomic E-state index is 12.5. The number of carbonyl (C=O) groups is 2. The van der Waals surface area contributed by atoms with Crippen molar-refractivity contribution in [3.05, 3.63) is 93.5 Å². The first-order valence-electron chi connectivity index (χ1n) is 9.22. The number of benzene rings is 3. The number of hydrogen-bond acceptors (Lipinski definition) is 4. The number of ether oxygens (including phenoxy) is 2. The van der Waals surface area contributed by atoms with Crippen molar-refractivity contribution < 1.29 is 19.1 Å². The normalized spacial score (nSPS) is 10.4. The van der Waals surface area contributed by atoms with Gasteiger partial charge in [-0.05, 0) is 55.5 Å². The van der Waals surface area contributed by atoms with E-state index in [9.17, 15) is 9.59 Å². The minimum absolute atomic E-state index is 0.194. The summed E-state index contributed by atoms with van der Waals surface area (Å²) in [7, 11) is 0. The molecule has 0 unspecified atom stereocenters. The predicted molar refractivity (Wildman–Crippen MR) is 118 cm³/mol. The van der Waals surface area contributed by atoms with Gasteiger partial charge in [-0.3, -0.25) is 4.79 Å². The number of halogens is 2. The Kier molecular flexibility index (Phi) is 7.33. The summed E-state index contributed by atoms with van der Waals surface area (Å²) in [5.74, 6) is -0.258. The average molecular weight is 444 g/mol. The fraction of sp³-hybridized carbons (Fsp3) is 0.130. The second-order valence-electron chi connectivity index (χ2n) is 6.27. The molecule has 1 N–H and O–H groups in total. The molecule has 0 atom stereocenters. The summed E-state index contributed by atoms with van der Waals surface area (Å²) in [6.45, 7) is 2.27. The van der Waals surface area contributed by atoms with Gasteiger partial charge < -0.3 is 14.8 Å². The highest BCUT2D eigenvalue weighted by atomic mass is 35.5. The van der Waals surface area contributed by atoms with Crippen molar-refractivity contribution in [2.45, 2.75) is 13.5 Å². The Hall–Kier alpha value is -3.02. The largest absolute Gasteiger partial charge is 0.489 e. The Labute approximate surface area is 184 Å². The summed E-state index contributed by atoms with van der Waals surface area (Å²) in [4.78, 5) is 24.5. The maximum atomic E-state index is 12.5. The van der Waals surface area contributed by atoms with Gasteiger partial charge in [-0.2, -0.15) is 0 Å². The molecule has 7 heteroatoms. The van der Waals surface area contributed by atoms with Crippen LogP contribution < -0.4 is 10.1 Å². The van der Waals surface area contributed by atoms with E-state index < -0.39 is 5.97 Å². The van der Waals surface area contributed by atoms with Crippen LogP contribution in [0.15, 0.2) is 66.7 Å². The first kappa shape index (κ1) is 21.7. The van der Waals surface area contributed by atoms with Crippen LogP contribution in [0.1, 0.15) is 33.2 Å². The van der Waals surface area contributed by atoms with Crippen LogP contribution in [0.4, 0.5) is 5.69 Å². The Morgan fingerprint density at radius 3 is 2.37 bits per heavy atom. The van der Waals surface area contributed by atoms with E-state index in [1.807, 2.05) is 18.2 Å². The molecule has 3 aromatic rings. The molecule has 0 fully saturated rings. The second-order valence-corrected chi connectivity index (χ2v) is 7.09. The van der Waals surface area contributed by atoms with Crippen molar-refractivity contribution in [1.82, 2.24) is 0 Å². The molecule has 3 aromatic carbocycles. The highest BCUT2D eigenvalue weighted by Gasteiger charge is 2.14. The molecule has 0 bridgehead atoms. The molecule has 5 nitrogen and oxygen atoms in total. The topological polar surface area (TPSA) is 64.6 Å². The molecule has 154 valence electrons. The zero-order valence-electron chi connectivity index (χ0n) is 16.2. The van der Waals surface area contributed by atoms with Crippen LogP contribution in [0.2, 0.25) is 10.0 Å². The van der Waals surface area contributed by atoms with Gasteiger partial charge in [0, 0.05) is 21.8 Å². The van der Waals surface area contributed by atoms with Gasteiger partial charge in [0.15, 0.2) is 0 Å². The quantitative estimate of drug-likeness (QED) is 0.454. The van der Waals surface area contributed by atoms with Gasteiger partial charge in [0.25, 0.3) is 5.91 Å². The van der Waals surface area contributed by atoms with E-state index in [0.717, 1.165) is 5.56 Å². The van der Waals surface area contributed by atoms with Crippen molar-refractivity contribution in [2.75, 3.05) is 11.9 Å². The third-order valence-corrected chi connectivity index (χ3v) is 4.89. The van der Waals surface area contributed by atoms with Crippen molar-refractivity contribution in [3.63, 3.8) is 0 Å². The summed E-state index contributed by atoms with van der Waals surface area (Å²) in [5.41, 5.74) is 1.94. The van der Waals surface area contributed by atoms with E-state index in [4.69, 9.17) is 32.7 Å². The lowest BCUT2D eigenvalue weighted by molar-refractivity contribution is 0.0526. The zero-order chi connectivity index (χ0) is 21.5. The number of amides is 1. The van der Waals surface area contributed by atoms with Gasteiger partial charge >= 0.3 is 5.97 Å². The van der Waals surface area contributed by atoms with Gasteiger partial charge in [-0.25, -0.2) is 4.79 Å². The number of rotatable bonds is 7. The van der Waals surface area contributed by atoms with Crippen LogP contribution >= 0.6 is 23.2 Å². The minimum atomic E-state index is -0.543. The molecule has 30 heavy (non-hydrogen) atoms. The third kappa shape index (κ3) is 5.53. The van der Waals surface area contributed by atoms with Crippen molar-refractivity contribution in [3.8, 4) is 5.75 Å². The Morgan fingerprint density at radius 1 is 0.933 bits per heavy atom. The van der Waals surface area contributed by atoms with E-state index in [2.05, 4.69) is 5.32 Å². The van der Waals surface area contributed by atoms with Crippen LogP contribution in [0.5, 0.6) is 5.75 Å². The molecule has 0 aliphatic heterocycles. The van der Waals surface area contributed by atoms with Crippen molar-refractivity contribution in [1.29, 1.82) is 0 Å². The van der Waals surface area contributed by atoms with E-state index in [-0.39, 0.29) is 23.1 Å². The van der Waals surface area contributed by atoms with Crippen LogP contribution in [0, 0.1) is 0 Å². The summed E-state index contributed by atoms with van der Waals surface area (Å²) in [6, 6.07) is 18.8. The van der Waals surface area contributed by atoms with Gasteiger partial charge in [0.2, 0.25) is 0 Å². The maximum Gasteiger partial charge on any atom is 0.339 e. The molecule has 0 radical (unpaired) electrons. The number of nitrogens with one attached hydrogen (secondary N) is 1. The number of anilines is 1. The molecular weight excluding hydrogens is 425 g/mol. The van der Waals surface area contributed by atoms with Gasteiger partial charge in [0.1, 0.15) is 12.4 Å². The third-order valence-electron chi connectivity index (χ3n) is 4.19. The van der Waals surface area contributed by atoms with Crippen molar-refractivity contribution in [2.24, 2.45) is 0 Å². The summed E-state index contributed by atoms with van der Waals surface area (Å²) < 4.78 is 10.7. The fourth-order valence-corrected chi connectivity index (χ4v) is 3.04. The molecule has 0 heterocycles. The summed E-state index contributed by atoms with van der Waals surface area (Å²) in [5, 5.41) is 3.64. The number of hydrogen-bond donors (Lipinski definition) is 1. The first-order valence-corrected chi connectivity index (χ1v) is 9.98. The summed E-state index contributed by atoms with van der Waals surface area (Å²) >= 11 is 12.2. The molecular formula is C23H19Cl2NO4. The minimum Gasteiger partial charge on any atom is -0.489 e. The van der Waals surface area contributed by atoms with Crippen LogP contribution in [0.3, 0.4) is 0 Å². The molecule has 0 aromatic heterocycles. The van der Waals surface area contributed by atoms with E-state index in [1.165, 1.54) is 12.1 Å². The lowest BCUT2D eigenvalue weighted by Gasteiger charge is -2.10. The number of carbonyl (C=O) groups excluding carboxylic acids is 2. The van der Waals surface area contributed by atoms with E-state index in [1.54, 1.807) is 43.3 Å². The first-order chi connectivity index (χ1) is 14.5. The Bertz CT molecular complexity index is 1050. The Balaban J connectivity index is 1.64. The average Bonchev–Trinajstić information content (AvgIpc) is 2.75. The second kappa shape index (κ2) is 10.1. The smallest absolute Gasteiger partial charge is 0.339 e. The molecule has 1 amide bonds. The molecule has 0 aliphatic carbocycles. The highest BCUT2D eigenvalue weighted by molar-refractivity contribution is 6.33. The van der Waals surface area contributed by atoms with Gasteiger partial charge in [-0.1, -0.05) is 41.4 Å². The SMILES string of the molecule is CCOC(=O)c1cc(NC(=O)c2ccc(OCc3ccccc3Cl)cc2)ccc1Cl. The van der Waals surface area contributed by atoms with Crippen molar-refractivity contribution >= 4 is 40.8 Å². The highest BCUT2D eigenvalue weighted by Crippen LogP contribution is 2.23. The Morgan fingerprint density at radius 2 is 1.67 bits per heavy atom. The summed E-state index contributed by atoms with van der Waals surface area (Å²) in [6.07, 6.45) is 0. The predicted octanol–water partition coefficient (Wildman–Crippen LogP) is 6.00. The van der Waals surface area contributed by atoms with Crippen LogP contribution in [0.25, 0.3) is 0 Å². The molecule has 3 rings (SSSR count). The monoisotopic (exact) mass is 443 g/mol. The van der Waals surface area contributed by atoms with Crippen LogP contribution in [-0.2, 0) is 11.3 Å². The fourth-order valence-electron chi connectivity index (χ4n) is 2.65. The van der Waals surface area contributed by atoms with Gasteiger partial charge in [0.05, 0.1) is 17.2 Å². The molecule has 0 spiro atoms. The van der Waals surface area contributed by atoms with E-state index >= 15 is 0 Å².